The number of carboxylic acids is 1. The molecule has 1 aliphatic carbocycles. The van der Waals surface area contributed by atoms with Crippen LogP contribution in [0.25, 0.3) is 0 Å². The Morgan fingerprint density at radius 1 is 1.40 bits per heavy atom. The lowest BCUT2D eigenvalue weighted by molar-refractivity contribution is 0.0696. The van der Waals surface area contributed by atoms with E-state index in [1.807, 2.05) is 0 Å². The highest BCUT2D eigenvalue weighted by Crippen LogP contribution is 2.29. The maximum atomic E-state index is 12.4. The van der Waals surface area contributed by atoms with Crippen molar-refractivity contribution in [2.75, 3.05) is 0 Å². The number of carbonyl (C=O) groups is 1. The molecule has 0 saturated heterocycles. The Bertz CT molecular complexity index is 580. The topological polar surface area (TPSA) is 84.3 Å². The van der Waals surface area contributed by atoms with E-state index in [1.54, 1.807) is 0 Å². The van der Waals surface area contributed by atoms with Gasteiger partial charge in [0.05, 0.1) is 22.3 Å². The van der Waals surface area contributed by atoms with E-state index >= 15 is 0 Å². The van der Waals surface area contributed by atoms with E-state index in [-0.39, 0.29) is 16.6 Å². The molecule has 1 aliphatic rings. The Labute approximate surface area is 119 Å². The molecule has 0 spiro atoms. The van der Waals surface area contributed by atoms with Crippen LogP contribution in [0.5, 0.6) is 0 Å². The van der Waals surface area contributed by atoms with Crippen LogP contribution in [0.3, 0.4) is 0 Å². The number of aromatic nitrogens is 1. The molecule has 5 nitrogen and oxygen atoms in total. The summed E-state index contributed by atoms with van der Waals surface area (Å²) < 4.78 is 24.7. The first-order chi connectivity index (χ1) is 9.38. The predicted octanol–water partition coefficient (Wildman–Crippen LogP) is 2.27. The summed E-state index contributed by atoms with van der Waals surface area (Å²) in [5.41, 5.74) is 0.477. The van der Waals surface area contributed by atoms with E-state index in [4.69, 9.17) is 5.11 Å². The molecule has 110 valence electrons. The van der Waals surface area contributed by atoms with Crippen molar-refractivity contribution in [1.29, 1.82) is 0 Å². The largest absolute Gasteiger partial charge is 0.478 e. The zero-order valence-electron chi connectivity index (χ0n) is 11.4. The number of hydrogen-bond donors (Lipinski definition) is 1. The molecule has 1 aromatic heterocycles. The molecule has 0 amide bonds. The van der Waals surface area contributed by atoms with E-state index in [2.05, 4.69) is 11.9 Å². The molecule has 2 rings (SSSR count). The van der Waals surface area contributed by atoms with Gasteiger partial charge < -0.3 is 5.11 Å². The number of nitrogens with zero attached hydrogens (tertiary/aromatic N) is 1. The first-order valence-electron chi connectivity index (χ1n) is 6.78. The summed E-state index contributed by atoms with van der Waals surface area (Å²) in [7, 11) is -3.21. The summed E-state index contributed by atoms with van der Waals surface area (Å²) in [6.07, 6.45) is 4.69. The number of sulfone groups is 1. The third-order valence-electron chi connectivity index (χ3n) is 3.82. The van der Waals surface area contributed by atoms with Gasteiger partial charge in [0.15, 0.2) is 9.84 Å². The normalized spacial score (nSPS) is 23.4. The fraction of sp³-hybridized carbons (Fsp3) is 0.571. The van der Waals surface area contributed by atoms with E-state index in [0.29, 0.717) is 11.6 Å². The highest BCUT2D eigenvalue weighted by Gasteiger charge is 2.30. The zero-order valence-corrected chi connectivity index (χ0v) is 12.3. The molecular weight excluding hydrogens is 278 g/mol. The highest BCUT2D eigenvalue weighted by molar-refractivity contribution is 7.91. The molecule has 1 saturated carbocycles. The predicted molar refractivity (Wildman–Crippen MR) is 75.2 cm³/mol. The molecule has 20 heavy (non-hydrogen) atoms. The van der Waals surface area contributed by atoms with Gasteiger partial charge in [0.1, 0.15) is 0 Å². The number of carboxylic acid groups (broad SMARTS) is 1. The Morgan fingerprint density at radius 3 is 2.70 bits per heavy atom. The highest BCUT2D eigenvalue weighted by atomic mass is 32.2. The van der Waals surface area contributed by atoms with Gasteiger partial charge in [-0.25, -0.2) is 13.2 Å². The lowest BCUT2D eigenvalue weighted by atomic mass is 9.91. The molecule has 0 radical (unpaired) electrons. The molecule has 1 N–H and O–H groups in total. The minimum Gasteiger partial charge on any atom is -0.478 e. The van der Waals surface area contributed by atoms with Crippen LogP contribution in [-0.2, 0) is 15.6 Å². The van der Waals surface area contributed by atoms with Crippen LogP contribution in [0.2, 0.25) is 0 Å². The second-order valence-corrected chi connectivity index (χ2v) is 7.83. The fourth-order valence-electron chi connectivity index (χ4n) is 2.66. The molecule has 1 aromatic rings. The Kier molecular flexibility index (Phi) is 4.42. The van der Waals surface area contributed by atoms with Crippen molar-refractivity contribution in [1.82, 2.24) is 4.98 Å². The van der Waals surface area contributed by atoms with Gasteiger partial charge in [-0.15, -0.1) is 0 Å². The van der Waals surface area contributed by atoms with Crippen LogP contribution >= 0.6 is 0 Å². The SMILES string of the molecule is CC1CCCC(S(=O)(=O)Cc2ccc(C(=O)O)cn2)C1. The second-order valence-electron chi connectivity index (χ2n) is 5.54. The summed E-state index contributed by atoms with van der Waals surface area (Å²) in [5, 5.41) is 8.50. The molecule has 1 fully saturated rings. The van der Waals surface area contributed by atoms with E-state index in [0.717, 1.165) is 25.7 Å². The van der Waals surface area contributed by atoms with Crippen LogP contribution in [0.4, 0.5) is 0 Å². The molecule has 2 unspecified atom stereocenters. The average Bonchev–Trinajstić information content (AvgIpc) is 2.39. The van der Waals surface area contributed by atoms with Gasteiger partial charge in [0.2, 0.25) is 0 Å². The fourth-order valence-corrected chi connectivity index (χ4v) is 4.63. The van der Waals surface area contributed by atoms with Crippen LogP contribution in [0.15, 0.2) is 18.3 Å². The third kappa shape index (κ3) is 3.56. The summed E-state index contributed by atoms with van der Waals surface area (Å²) in [6.45, 7) is 2.08. The Balaban J connectivity index is 2.09. The Hall–Kier alpha value is -1.43. The summed E-state index contributed by atoms with van der Waals surface area (Å²) in [5.74, 6) is -0.719. The van der Waals surface area contributed by atoms with E-state index < -0.39 is 15.8 Å². The second kappa shape index (κ2) is 5.91. The van der Waals surface area contributed by atoms with Crippen molar-refractivity contribution in [3.8, 4) is 0 Å². The molecule has 1 heterocycles. The number of pyridine rings is 1. The van der Waals surface area contributed by atoms with Crippen LogP contribution < -0.4 is 0 Å². The zero-order chi connectivity index (χ0) is 14.8. The van der Waals surface area contributed by atoms with Crippen molar-refractivity contribution >= 4 is 15.8 Å². The van der Waals surface area contributed by atoms with Crippen LogP contribution in [0.1, 0.15) is 48.7 Å². The van der Waals surface area contributed by atoms with Crippen LogP contribution in [0, 0.1) is 5.92 Å². The maximum absolute atomic E-state index is 12.4. The monoisotopic (exact) mass is 297 g/mol. The first-order valence-corrected chi connectivity index (χ1v) is 8.50. The maximum Gasteiger partial charge on any atom is 0.337 e. The molecule has 6 heteroatoms. The van der Waals surface area contributed by atoms with Gasteiger partial charge >= 0.3 is 5.97 Å². The Morgan fingerprint density at radius 2 is 2.15 bits per heavy atom. The first kappa shape index (κ1) is 15.0. The van der Waals surface area contributed by atoms with E-state index in [1.165, 1.54) is 18.3 Å². The van der Waals surface area contributed by atoms with Gasteiger partial charge in [-0.05, 0) is 30.9 Å². The summed E-state index contributed by atoms with van der Waals surface area (Å²) in [4.78, 5) is 14.7. The summed E-state index contributed by atoms with van der Waals surface area (Å²) >= 11 is 0. The van der Waals surface area contributed by atoms with Crippen molar-refractivity contribution in [2.24, 2.45) is 5.92 Å². The molecule has 2 atom stereocenters. The van der Waals surface area contributed by atoms with Crippen molar-refractivity contribution in [3.63, 3.8) is 0 Å². The smallest absolute Gasteiger partial charge is 0.337 e. The number of rotatable bonds is 4. The van der Waals surface area contributed by atoms with Crippen molar-refractivity contribution in [2.45, 2.75) is 43.6 Å². The van der Waals surface area contributed by atoms with Crippen molar-refractivity contribution < 1.29 is 18.3 Å². The van der Waals surface area contributed by atoms with E-state index in [9.17, 15) is 13.2 Å². The molecule has 0 aromatic carbocycles. The van der Waals surface area contributed by atoms with Gasteiger partial charge in [0, 0.05) is 6.20 Å². The standard InChI is InChI=1S/C14H19NO4S/c1-10-3-2-4-13(7-10)20(18,19)9-12-6-5-11(8-15-12)14(16)17/h5-6,8,10,13H,2-4,7,9H2,1H3,(H,16,17). The molecule has 0 aliphatic heterocycles. The van der Waals surface area contributed by atoms with Crippen LogP contribution in [-0.4, -0.2) is 29.7 Å². The number of aromatic carboxylic acids is 1. The molecule has 0 bridgehead atoms. The van der Waals surface area contributed by atoms with Gasteiger partial charge in [-0.3, -0.25) is 4.98 Å². The number of hydrogen-bond acceptors (Lipinski definition) is 4. The van der Waals surface area contributed by atoms with Gasteiger partial charge in [0.25, 0.3) is 0 Å². The quantitative estimate of drug-likeness (QED) is 0.921. The minimum atomic E-state index is -3.21. The van der Waals surface area contributed by atoms with Gasteiger partial charge in [-0.2, -0.15) is 0 Å². The average molecular weight is 297 g/mol. The lowest BCUT2D eigenvalue weighted by Crippen LogP contribution is -2.28. The summed E-state index contributed by atoms with van der Waals surface area (Å²) in [6, 6.07) is 2.87. The molecular formula is C14H19NO4S. The minimum absolute atomic E-state index is 0.0671. The third-order valence-corrected chi connectivity index (χ3v) is 5.96. The van der Waals surface area contributed by atoms with Gasteiger partial charge in [-0.1, -0.05) is 19.8 Å². The van der Waals surface area contributed by atoms with Crippen molar-refractivity contribution in [3.05, 3.63) is 29.6 Å². The lowest BCUT2D eigenvalue weighted by Gasteiger charge is -2.26.